The molecule has 0 saturated heterocycles. The van der Waals surface area contributed by atoms with Crippen LogP contribution in [0.25, 0.3) is 0 Å². The summed E-state index contributed by atoms with van der Waals surface area (Å²) in [7, 11) is 1.61. The first-order chi connectivity index (χ1) is 12.0. The fourth-order valence-corrected chi connectivity index (χ4v) is 2.49. The van der Waals surface area contributed by atoms with E-state index in [0.29, 0.717) is 12.0 Å². The first-order valence-electron chi connectivity index (χ1n) is 8.26. The van der Waals surface area contributed by atoms with Crippen LogP contribution in [-0.4, -0.2) is 32.3 Å². The molecule has 0 aromatic heterocycles. The van der Waals surface area contributed by atoms with E-state index in [2.05, 4.69) is 6.58 Å². The van der Waals surface area contributed by atoms with Crippen molar-refractivity contribution in [2.75, 3.05) is 20.3 Å². The van der Waals surface area contributed by atoms with Gasteiger partial charge in [-0.1, -0.05) is 30.4 Å². The average Bonchev–Trinajstić information content (AvgIpc) is 2.60. The van der Waals surface area contributed by atoms with E-state index in [0.717, 1.165) is 16.9 Å². The molecule has 0 aliphatic heterocycles. The molecule has 0 unspecified atom stereocenters. The first kappa shape index (κ1) is 20.5. The lowest BCUT2D eigenvalue weighted by Gasteiger charge is -2.18. The van der Waals surface area contributed by atoms with E-state index >= 15 is 0 Å². The molecule has 1 aromatic rings. The molecule has 1 rings (SSSR count). The minimum Gasteiger partial charge on any atom is -0.497 e. The van der Waals surface area contributed by atoms with Crippen molar-refractivity contribution < 1.29 is 23.8 Å². The van der Waals surface area contributed by atoms with Crippen molar-refractivity contribution in [1.82, 2.24) is 0 Å². The maximum atomic E-state index is 12.3. The van der Waals surface area contributed by atoms with Gasteiger partial charge in [0.15, 0.2) is 5.92 Å². The van der Waals surface area contributed by atoms with Crippen LogP contribution in [0.3, 0.4) is 0 Å². The van der Waals surface area contributed by atoms with Crippen molar-refractivity contribution in [1.29, 1.82) is 0 Å². The summed E-state index contributed by atoms with van der Waals surface area (Å²) < 4.78 is 15.2. The normalized spacial score (nSPS) is 11.6. The van der Waals surface area contributed by atoms with Crippen molar-refractivity contribution in [3.63, 3.8) is 0 Å². The zero-order chi connectivity index (χ0) is 18.8. The SMILES string of the molecule is C=C/C(=C(/C)Cc1ccc(OC)cc1)C(C(=O)OCC)C(=O)OCC. The Kier molecular flexibility index (Phi) is 8.47. The first-order valence-corrected chi connectivity index (χ1v) is 8.26. The molecule has 136 valence electrons. The molecule has 0 radical (unpaired) electrons. The number of allylic oxidation sites excluding steroid dienone is 2. The number of benzene rings is 1. The second-order valence-electron chi connectivity index (χ2n) is 5.40. The van der Waals surface area contributed by atoms with Gasteiger partial charge in [0.05, 0.1) is 20.3 Å². The van der Waals surface area contributed by atoms with E-state index in [4.69, 9.17) is 14.2 Å². The third kappa shape index (κ3) is 5.78. The van der Waals surface area contributed by atoms with E-state index < -0.39 is 17.9 Å². The van der Waals surface area contributed by atoms with Crippen LogP contribution in [0.1, 0.15) is 26.3 Å². The number of rotatable bonds is 9. The molecule has 5 nitrogen and oxygen atoms in total. The second-order valence-corrected chi connectivity index (χ2v) is 5.40. The molecule has 25 heavy (non-hydrogen) atoms. The summed E-state index contributed by atoms with van der Waals surface area (Å²) in [5.74, 6) is -1.59. The maximum absolute atomic E-state index is 12.3. The Bertz CT molecular complexity index is 610. The lowest BCUT2D eigenvalue weighted by molar-refractivity contribution is -0.159. The predicted molar refractivity (Wildman–Crippen MR) is 96.4 cm³/mol. The Labute approximate surface area is 149 Å². The predicted octanol–water partition coefficient (Wildman–Crippen LogP) is 3.48. The number of carbonyl (C=O) groups is 2. The summed E-state index contributed by atoms with van der Waals surface area (Å²) in [6.45, 7) is 9.41. The number of hydrogen-bond donors (Lipinski definition) is 0. The Morgan fingerprint density at radius 3 is 2.00 bits per heavy atom. The zero-order valence-corrected chi connectivity index (χ0v) is 15.3. The molecule has 0 atom stereocenters. The highest BCUT2D eigenvalue weighted by Crippen LogP contribution is 2.24. The van der Waals surface area contributed by atoms with Crippen LogP contribution >= 0.6 is 0 Å². The largest absolute Gasteiger partial charge is 0.497 e. The highest BCUT2D eigenvalue weighted by Gasteiger charge is 2.33. The summed E-state index contributed by atoms with van der Waals surface area (Å²) in [4.78, 5) is 24.6. The van der Waals surface area contributed by atoms with Crippen LogP contribution in [0.5, 0.6) is 5.75 Å². The van der Waals surface area contributed by atoms with Gasteiger partial charge in [0.1, 0.15) is 5.75 Å². The number of ether oxygens (including phenoxy) is 3. The summed E-state index contributed by atoms with van der Waals surface area (Å²) in [5, 5.41) is 0. The molecular weight excluding hydrogens is 320 g/mol. The van der Waals surface area contributed by atoms with Gasteiger partial charge in [-0.25, -0.2) is 0 Å². The second kappa shape index (κ2) is 10.3. The smallest absolute Gasteiger partial charge is 0.324 e. The molecule has 1 aromatic carbocycles. The van der Waals surface area contributed by atoms with Gasteiger partial charge >= 0.3 is 11.9 Å². The van der Waals surface area contributed by atoms with E-state index in [1.807, 2.05) is 31.2 Å². The van der Waals surface area contributed by atoms with E-state index in [9.17, 15) is 9.59 Å². The summed E-state index contributed by atoms with van der Waals surface area (Å²) in [6, 6.07) is 7.61. The molecule has 0 N–H and O–H groups in total. The van der Waals surface area contributed by atoms with Crippen LogP contribution in [0.15, 0.2) is 48.1 Å². The number of carbonyl (C=O) groups excluding carboxylic acids is 2. The molecule has 0 saturated carbocycles. The standard InChI is InChI=1S/C20H26O5/c1-6-17(18(19(21)24-7-2)20(22)25-8-3)14(4)13-15-9-11-16(23-5)12-10-15/h6,9-12,18H,1,7-8,13H2,2-5H3/b17-14+. The molecule has 0 fully saturated rings. The number of esters is 2. The van der Waals surface area contributed by atoms with Crippen molar-refractivity contribution >= 4 is 11.9 Å². The third-order valence-corrected chi connectivity index (χ3v) is 3.70. The Morgan fingerprint density at radius 2 is 1.60 bits per heavy atom. The highest BCUT2D eigenvalue weighted by molar-refractivity contribution is 5.99. The molecule has 0 heterocycles. The van der Waals surface area contributed by atoms with Crippen molar-refractivity contribution in [3.8, 4) is 5.75 Å². The van der Waals surface area contributed by atoms with Crippen molar-refractivity contribution in [2.45, 2.75) is 27.2 Å². The molecule has 0 amide bonds. The molecular formula is C20H26O5. The van der Waals surface area contributed by atoms with Gasteiger partial charge in [-0.15, -0.1) is 0 Å². The van der Waals surface area contributed by atoms with Gasteiger partial charge in [-0.2, -0.15) is 0 Å². The number of hydrogen-bond acceptors (Lipinski definition) is 5. The molecule has 0 aliphatic rings. The monoisotopic (exact) mass is 346 g/mol. The van der Waals surface area contributed by atoms with Crippen LogP contribution < -0.4 is 4.74 Å². The van der Waals surface area contributed by atoms with Gasteiger partial charge < -0.3 is 14.2 Å². The van der Waals surface area contributed by atoms with E-state index in [-0.39, 0.29) is 13.2 Å². The quantitative estimate of drug-likeness (QED) is 0.389. The average molecular weight is 346 g/mol. The summed E-state index contributed by atoms with van der Waals surface area (Å²) in [5.41, 5.74) is 2.41. The van der Waals surface area contributed by atoms with E-state index in [1.54, 1.807) is 21.0 Å². The minimum absolute atomic E-state index is 0.191. The topological polar surface area (TPSA) is 61.8 Å². The third-order valence-electron chi connectivity index (χ3n) is 3.70. The maximum Gasteiger partial charge on any atom is 0.324 e. The summed E-state index contributed by atoms with van der Waals surface area (Å²) >= 11 is 0. The molecule has 0 aliphatic carbocycles. The van der Waals surface area contributed by atoms with Crippen molar-refractivity contribution in [3.05, 3.63) is 53.6 Å². The van der Waals surface area contributed by atoms with Crippen LogP contribution in [0, 0.1) is 5.92 Å². The Morgan fingerprint density at radius 1 is 1.08 bits per heavy atom. The summed E-state index contributed by atoms with van der Waals surface area (Å²) in [6.07, 6.45) is 2.10. The fourth-order valence-electron chi connectivity index (χ4n) is 2.49. The molecule has 0 spiro atoms. The van der Waals surface area contributed by atoms with Crippen molar-refractivity contribution in [2.24, 2.45) is 5.92 Å². The Hall–Kier alpha value is -2.56. The lowest BCUT2D eigenvalue weighted by atomic mass is 9.91. The molecule has 5 heteroatoms. The minimum atomic E-state index is -1.12. The fraction of sp³-hybridized carbons (Fsp3) is 0.400. The van der Waals surface area contributed by atoms with Crippen LogP contribution in [-0.2, 0) is 25.5 Å². The van der Waals surface area contributed by atoms with Crippen LogP contribution in [0.2, 0.25) is 0 Å². The van der Waals surface area contributed by atoms with Gasteiger partial charge in [0.25, 0.3) is 0 Å². The zero-order valence-electron chi connectivity index (χ0n) is 15.3. The van der Waals surface area contributed by atoms with Crippen LogP contribution in [0.4, 0.5) is 0 Å². The number of methoxy groups -OCH3 is 1. The van der Waals surface area contributed by atoms with Gasteiger partial charge in [0, 0.05) is 0 Å². The highest BCUT2D eigenvalue weighted by atomic mass is 16.6. The Balaban J connectivity index is 3.15. The molecule has 0 bridgehead atoms. The van der Waals surface area contributed by atoms with Gasteiger partial charge in [-0.05, 0) is 50.5 Å². The van der Waals surface area contributed by atoms with Gasteiger partial charge in [-0.3, -0.25) is 9.59 Å². The van der Waals surface area contributed by atoms with Gasteiger partial charge in [0.2, 0.25) is 0 Å². The van der Waals surface area contributed by atoms with E-state index in [1.165, 1.54) is 6.08 Å². The lowest BCUT2D eigenvalue weighted by Crippen LogP contribution is -2.30.